The van der Waals surface area contributed by atoms with Crippen molar-refractivity contribution in [2.75, 3.05) is 32.1 Å². The van der Waals surface area contributed by atoms with E-state index in [-0.39, 0.29) is 18.0 Å². The molecule has 2 fully saturated rings. The van der Waals surface area contributed by atoms with Gasteiger partial charge < -0.3 is 14.7 Å². The molecule has 5 heteroatoms. The van der Waals surface area contributed by atoms with Gasteiger partial charge in [0.25, 0.3) is 0 Å². The number of hydrogen-bond donors (Lipinski definition) is 1. The van der Waals surface area contributed by atoms with Crippen LogP contribution >= 0.6 is 11.8 Å². The highest BCUT2D eigenvalue weighted by Crippen LogP contribution is 2.28. The summed E-state index contributed by atoms with van der Waals surface area (Å²) >= 11 is 1.80. The molecule has 17 heavy (non-hydrogen) atoms. The van der Waals surface area contributed by atoms with Crippen LogP contribution in [0.2, 0.25) is 0 Å². The Labute approximate surface area is 107 Å². The number of rotatable bonds is 4. The number of amides is 1. The van der Waals surface area contributed by atoms with E-state index in [2.05, 4.69) is 0 Å². The third-order valence-corrected chi connectivity index (χ3v) is 4.77. The van der Waals surface area contributed by atoms with Crippen molar-refractivity contribution in [3.8, 4) is 0 Å². The number of likely N-dealkylation sites (tertiary alicyclic amines) is 1. The first kappa shape index (κ1) is 13.2. The van der Waals surface area contributed by atoms with Crippen molar-refractivity contribution in [1.82, 2.24) is 4.90 Å². The second-order valence-corrected chi connectivity index (χ2v) is 5.93. The molecule has 1 N–H and O–H groups in total. The molecule has 2 heterocycles. The van der Waals surface area contributed by atoms with Crippen molar-refractivity contribution in [3.05, 3.63) is 0 Å². The largest absolute Gasteiger partial charge is 0.394 e. The third-order valence-electron chi connectivity index (χ3n) is 3.40. The van der Waals surface area contributed by atoms with Crippen LogP contribution in [0.4, 0.5) is 0 Å². The summed E-state index contributed by atoms with van der Waals surface area (Å²) in [5.41, 5.74) is 0. The summed E-state index contributed by atoms with van der Waals surface area (Å²) in [7, 11) is 0. The first-order valence-corrected chi connectivity index (χ1v) is 7.49. The predicted molar refractivity (Wildman–Crippen MR) is 68.1 cm³/mol. The Balaban J connectivity index is 1.72. The summed E-state index contributed by atoms with van der Waals surface area (Å²) in [5.74, 6) is 1.46. The number of carbonyl (C=O) groups is 1. The molecule has 2 rings (SSSR count). The predicted octanol–water partition coefficient (Wildman–Crippen LogP) is 0.882. The van der Waals surface area contributed by atoms with E-state index in [0.29, 0.717) is 12.5 Å². The molecule has 4 nitrogen and oxygen atoms in total. The lowest BCUT2D eigenvalue weighted by molar-refractivity contribution is -0.133. The van der Waals surface area contributed by atoms with Crippen LogP contribution < -0.4 is 0 Å². The second kappa shape index (κ2) is 6.61. The van der Waals surface area contributed by atoms with Crippen LogP contribution in [-0.4, -0.2) is 59.3 Å². The molecule has 0 aromatic heterocycles. The van der Waals surface area contributed by atoms with Crippen LogP contribution in [0.1, 0.15) is 25.7 Å². The minimum Gasteiger partial charge on any atom is -0.394 e. The molecule has 0 bridgehead atoms. The SMILES string of the molecule is O=C(C1CCCS1)N1CCC(OCCO)CC1. The highest BCUT2D eigenvalue weighted by Gasteiger charge is 2.30. The molecule has 0 aromatic carbocycles. The molecule has 0 aromatic rings. The summed E-state index contributed by atoms with van der Waals surface area (Å²) in [6.45, 7) is 2.12. The number of hydrogen-bond acceptors (Lipinski definition) is 4. The molecule has 2 aliphatic rings. The molecule has 0 radical (unpaired) electrons. The number of thioether (sulfide) groups is 1. The Morgan fingerprint density at radius 3 is 2.71 bits per heavy atom. The van der Waals surface area contributed by atoms with Crippen molar-refractivity contribution in [2.45, 2.75) is 37.0 Å². The maximum atomic E-state index is 12.1. The summed E-state index contributed by atoms with van der Waals surface area (Å²) in [5, 5.41) is 8.90. The maximum absolute atomic E-state index is 12.1. The molecule has 2 saturated heterocycles. The average molecular weight is 259 g/mol. The summed E-state index contributed by atoms with van der Waals surface area (Å²) in [6.07, 6.45) is 4.26. The van der Waals surface area contributed by atoms with E-state index < -0.39 is 0 Å². The Kier molecular flexibility index (Phi) is 5.13. The van der Waals surface area contributed by atoms with Gasteiger partial charge in [-0.15, -0.1) is 11.8 Å². The van der Waals surface area contributed by atoms with Crippen LogP contribution in [0.15, 0.2) is 0 Å². The Hall–Kier alpha value is -0.260. The Bertz CT molecular complexity index is 248. The lowest BCUT2D eigenvalue weighted by Crippen LogP contribution is -2.44. The minimum atomic E-state index is 0.0812. The number of ether oxygens (including phenoxy) is 1. The van der Waals surface area contributed by atoms with Gasteiger partial charge >= 0.3 is 0 Å². The lowest BCUT2D eigenvalue weighted by Gasteiger charge is -2.33. The third kappa shape index (κ3) is 3.60. The van der Waals surface area contributed by atoms with Crippen LogP contribution in [0.25, 0.3) is 0 Å². The number of nitrogens with zero attached hydrogens (tertiary/aromatic N) is 1. The molecule has 2 aliphatic heterocycles. The van der Waals surface area contributed by atoms with Gasteiger partial charge in [0.1, 0.15) is 0 Å². The van der Waals surface area contributed by atoms with E-state index in [1.54, 1.807) is 11.8 Å². The highest BCUT2D eigenvalue weighted by molar-refractivity contribution is 8.00. The molecule has 1 amide bonds. The Morgan fingerprint density at radius 1 is 1.35 bits per heavy atom. The number of aliphatic hydroxyl groups excluding tert-OH is 1. The van der Waals surface area contributed by atoms with Gasteiger partial charge in [-0.05, 0) is 31.4 Å². The zero-order chi connectivity index (χ0) is 12.1. The Morgan fingerprint density at radius 2 is 2.12 bits per heavy atom. The average Bonchev–Trinajstić information content (AvgIpc) is 2.90. The summed E-state index contributed by atoms with van der Waals surface area (Å²) < 4.78 is 5.49. The van der Waals surface area contributed by atoms with E-state index in [1.807, 2.05) is 4.90 Å². The summed E-state index contributed by atoms with van der Waals surface area (Å²) in [4.78, 5) is 14.1. The summed E-state index contributed by atoms with van der Waals surface area (Å²) in [6, 6.07) is 0. The fraction of sp³-hybridized carbons (Fsp3) is 0.917. The first-order chi connectivity index (χ1) is 8.31. The topological polar surface area (TPSA) is 49.8 Å². The van der Waals surface area contributed by atoms with E-state index >= 15 is 0 Å². The van der Waals surface area contributed by atoms with Gasteiger partial charge in [-0.1, -0.05) is 0 Å². The first-order valence-electron chi connectivity index (χ1n) is 6.44. The molecule has 0 saturated carbocycles. The number of piperidine rings is 1. The quantitative estimate of drug-likeness (QED) is 0.814. The van der Waals surface area contributed by atoms with E-state index in [4.69, 9.17) is 9.84 Å². The smallest absolute Gasteiger partial charge is 0.235 e. The molecule has 0 aliphatic carbocycles. The maximum Gasteiger partial charge on any atom is 0.235 e. The lowest BCUT2D eigenvalue weighted by atomic mass is 10.1. The van der Waals surface area contributed by atoms with Gasteiger partial charge in [-0.25, -0.2) is 0 Å². The van der Waals surface area contributed by atoms with Crippen LogP contribution in [0, 0.1) is 0 Å². The molecular formula is C12H21NO3S. The van der Waals surface area contributed by atoms with E-state index in [0.717, 1.165) is 38.1 Å². The highest BCUT2D eigenvalue weighted by atomic mass is 32.2. The molecule has 1 unspecified atom stereocenters. The number of carbonyl (C=O) groups excluding carboxylic acids is 1. The monoisotopic (exact) mass is 259 g/mol. The van der Waals surface area contributed by atoms with Gasteiger partial charge in [-0.2, -0.15) is 0 Å². The van der Waals surface area contributed by atoms with Crippen molar-refractivity contribution < 1.29 is 14.6 Å². The van der Waals surface area contributed by atoms with Gasteiger partial charge in [-0.3, -0.25) is 4.79 Å². The normalized spacial score (nSPS) is 26.4. The molecule has 1 atom stereocenters. The van der Waals surface area contributed by atoms with Crippen LogP contribution in [-0.2, 0) is 9.53 Å². The fourth-order valence-electron chi connectivity index (χ4n) is 2.44. The van der Waals surface area contributed by atoms with Crippen molar-refractivity contribution in [2.24, 2.45) is 0 Å². The van der Waals surface area contributed by atoms with E-state index in [9.17, 15) is 4.79 Å². The van der Waals surface area contributed by atoms with Gasteiger partial charge in [0.2, 0.25) is 5.91 Å². The van der Waals surface area contributed by atoms with Gasteiger partial charge in [0.15, 0.2) is 0 Å². The molecular weight excluding hydrogens is 238 g/mol. The zero-order valence-corrected chi connectivity index (χ0v) is 11.0. The van der Waals surface area contributed by atoms with Crippen LogP contribution in [0.3, 0.4) is 0 Å². The molecule has 98 valence electrons. The minimum absolute atomic E-state index is 0.0812. The number of aliphatic hydroxyl groups is 1. The molecule has 0 spiro atoms. The van der Waals surface area contributed by atoms with Crippen LogP contribution in [0.5, 0.6) is 0 Å². The fourth-order valence-corrected chi connectivity index (χ4v) is 3.68. The standard InChI is InChI=1S/C12H21NO3S/c14-7-8-16-10-3-5-13(6-4-10)12(15)11-2-1-9-17-11/h10-11,14H,1-9H2. The van der Waals surface area contributed by atoms with Crippen molar-refractivity contribution in [1.29, 1.82) is 0 Å². The van der Waals surface area contributed by atoms with Gasteiger partial charge in [0, 0.05) is 13.1 Å². The van der Waals surface area contributed by atoms with Crippen molar-refractivity contribution >= 4 is 17.7 Å². The van der Waals surface area contributed by atoms with Gasteiger partial charge in [0.05, 0.1) is 24.6 Å². The second-order valence-electron chi connectivity index (χ2n) is 4.62. The van der Waals surface area contributed by atoms with Crippen molar-refractivity contribution in [3.63, 3.8) is 0 Å². The van der Waals surface area contributed by atoms with E-state index in [1.165, 1.54) is 6.42 Å². The zero-order valence-electron chi connectivity index (χ0n) is 10.1.